The van der Waals surface area contributed by atoms with E-state index in [2.05, 4.69) is 15.9 Å². The smallest absolute Gasteiger partial charge is 0.124 e. The van der Waals surface area contributed by atoms with Gasteiger partial charge in [-0.1, -0.05) is 41.6 Å². The predicted octanol–water partition coefficient (Wildman–Crippen LogP) is 5.10. The zero-order valence-electron chi connectivity index (χ0n) is 12.4. The summed E-state index contributed by atoms with van der Waals surface area (Å²) in [5.41, 5.74) is 0.889. The first-order valence-corrected chi connectivity index (χ1v) is 9.04. The van der Waals surface area contributed by atoms with Gasteiger partial charge in [-0.15, -0.1) is 0 Å². The monoisotopic (exact) mass is 354 g/mol. The fraction of sp³-hybridized carbons (Fsp3) is 0.667. The highest BCUT2D eigenvalue weighted by molar-refractivity contribution is 9.10. The lowest BCUT2D eigenvalue weighted by Crippen LogP contribution is -2.34. The van der Waals surface area contributed by atoms with Gasteiger partial charge in [-0.25, -0.2) is 4.39 Å². The van der Waals surface area contributed by atoms with E-state index in [0.29, 0.717) is 12.3 Å². The van der Waals surface area contributed by atoms with E-state index < -0.39 is 0 Å². The number of rotatable bonds is 3. The minimum Gasteiger partial charge on any atom is -0.392 e. The fourth-order valence-corrected chi connectivity index (χ4v) is 4.91. The second-order valence-electron chi connectivity index (χ2n) is 6.93. The summed E-state index contributed by atoms with van der Waals surface area (Å²) in [7, 11) is 0. The molecule has 0 saturated heterocycles. The Morgan fingerprint density at radius 3 is 2.62 bits per heavy atom. The van der Waals surface area contributed by atoms with Gasteiger partial charge in [0.2, 0.25) is 0 Å². The average Bonchev–Trinajstić information content (AvgIpc) is 2.45. The Morgan fingerprint density at radius 1 is 1.10 bits per heavy atom. The Morgan fingerprint density at radius 2 is 1.86 bits per heavy atom. The molecule has 2 fully saturated rings. The number of benzene rings is 1. The van der Waals surface area contributed by atoms with Gasteiger partial charge in [0, 0.05) is 4.47 Å². The molecular weight excluding hydrogens is 331 g/mol. The van der Waals surface area contributed by atoms with E-state index >= 15 is 0 Å². The molecule has 21 heavy (non-hydrogen) atoms. The van der Waals surface area contributed by atoms with Gasteiger partial charge in [-0.3, -0.25) is 0 Å². The maximum atomic E-state index is 13.4. The summed E-state index contributed by atoms with van der Waals surface area (Å²) in [6.45, 7) is 0. The van der Waals surface area contributed by atoms with Gasteiger partial charge in [-0.05, 0) is 67.2 Å². The van der Waals surface area contributed by atoms with E-state index in [1.165, 1.54) is 44.6 Å². The lowest BCUT2D eigenvalue weighted by molar-refractivity contribution is 0.0360. The van der Waals surface area contributed by atoms with Crippen molar-refractivity contribution >= 4 is 15.9 Å². The van der Waals surface area contributed by atoms with Crippen LogP contribution in [0.4, 0.5) is 4.39 Å². The summed E-state index contributed by atoms with van der Waals surface area (Å²) in [6, 6.07) is 4.92. The first-order chi connectivity index (χ1) is 10.1. The molecule has 1 aromatic rings. The molecule has 2 aliphatic rings. The molecule has 2 aliphatic carbocycles. The summed E-state index contributed by atoms with van der Waals surface area (Å²) < 4.78 is 14.2. The predicted molar refractivity (Wildman–Crippen MR) is 86.6 cm³/mol. The number of halogens is 2. The van der Waals surface area contributed by atoms with Crippen molar-refractivity contribution in [2.75, 3.05) is 0 Å². The maximum Gasteiger partial charge on any atom is 0.124 e. The Hall–Kier alpha value is -0.410. The molecule has 0 bridgehead atoms. The maximum absolute atomic E-state index is 13.4. The lowest BCUT2D eigenvalue weighted by atomic mass is 9.66. The second kappa shape index (κ2) is 6.78. The molecule has 4 unspecified atom stereocenters. The van der Waals surface area contributed by atoms with Gasteiger partial charge in [0.15, 0.2) is 0 Å². The van der Waals surface area contributed by atoms with Gasteiger partial charge >= 0.3 is 0 Å². The van der Waals surface area contributed by atoms with Crippen LogP contribution in [0.5, 0.6) is 0 Å². The number of aliphatic hydroxyl groups is 1. The van der Waals surface area contributed by atoms with Crippen LogP contribution in [0.15, 0.2) is 22.7 Å². The lowest BCUT2D eigenvalue weighted by Gasteiger charge is -2.40. The van der Waals surface area contributed by atoms with E-state index in [0.717, 1.165) is 28.3 Å². The molecule has 0 spiro atoms. The van der Waals surface area contributed by atoms with Crippen molar-refractivity contribution in [1.29, 1.82) is 0 Å². The van der Waals surface area contributed by atoms with Crippen LogP contribution in [-0.2, 0) is 6.42 Å². The van der Waals surface area contributed by atoms with Crippen molar-refractivity contribution in [2.45, 2.75) is 57.5 Å². The molecule has 1 N–H and O–H groups in total. The minimum atomic E-state index is -0.332. The third-order valence-electron chi connectivity index (χ3n) is 5.49. The number of aliphatic hydroxyl groups excluding tert-OH is 1. The quantitative estimate of drug-likeness (QED) is 0.800. The van der Waals surface area contributed by atoms with Gasteiger partial charge in [0.25, 0.3) is 0 Å². The first-order valence-electron chi connectivity index (χ1n) is 8.25. The molecule has 3 heteroatoms. The van der Waals surface area contributed by atoms with Crippen LogP contribution >= 0.6 is 15.9 Å². The van der Waals surface area contributed by atoms with Gasteiger partial charge in [-0.2, -0.15) is 0 Å². The molecule has 0 heterocycles. The third-order valence-corrected chi connectivity index (χ3v) is 5.95. The highest BCUT2D eigenvalue weighted by Gasteiger charge is 2.34. The summed E-state index contributed by atoms with van der Waals surface area (Å²) in [4.78, 5) is 0. The summed E-state index contributed by atoms with van der Waals surface area (Å²) in [6.07, 6.45) is 9.32. The van der Waals surface area contributed by atoms with Gasteiger partial charge in [0.1, 0.15) is 5.82 Å². The highest BCUT2D eigenvalue weighted by Crippen LogP contribution is 2.43. The molecule has 0 aliphatic heterocycles. The molecule has 1 nitrogen and oxygen atoms in total. The third kappa shape index (κ3) is 3.87. The second-order valence-corrected chi connectivity index (χ2v) is 7.84. The molecule has 1 aromatic carbocycles. The summed E-state index contributed by atoms with van der Waals surface area (Å²) in [5, 5.41) is 10.6. The van der Waals surface area contributed by atoms with Crippen LogP contribution in [-0.4, -0.2) is 11.2 Å². The summed E-state index contributed by atoms with van der Waals surface area (Å²) in [5.74, 6) is 1.89. The molecule has 2 saturated carbocycles. The van der Waals surface area contributed by atoms with E-state index in [-0.39, 0.29) is 11.9 Å². The van der Waals surface area contributed by atoms with Crippen molar-refractivity contribution in [3.63, 3.8) is 0 Å². The molecular formula is C18H24BrFO. The van der Waals surface area contributed by atoms with Crippen molar-refractivity contribution in [2.24, 2.45) is 17.8 Å². The SMILES string of the molecule is OC(Cc1cc(F)cc(Br)c1)C1CCC2CCCCC2C1. The molecule has 4 atom stereocenters. The number of hydrogen-bond acceptors (Lipinski definition) is 1. The van der Waals surface area contributed by atoms with E-state index in [1.54, 1.807) is 6.07 Å². The van der Waals surface area contributed by atoms with Crippen molar-refractivity contribution in [1.82, 2.24) is 0 Å². The van der Waals surface area contributed by atoms with E-state index in [4.69, 9.17) is 0 Å². The Balaban J connectivity index is 1.61. The molecule has 0 aromatic heterocycles. The zero-order chi connectivity index (χ0) is 14.8. The van der Waals surface area contributed by atoms with Crippen LogP contribution in [0, 0.1) is 23.6 Å². The average molecular weight is 355 g/mol. The largest absolute Gasteiger partial charge is 0.392 e. The van der Waals surface area contributed by atoms with Crippen LogP contribution in [0.25, 0.3) is 0 Å². The molecule has 116 valence electrons. The Kier molecular flexibility index (Phi) is 5.00. The normalized spacial score (nSPS) is 30.7. The van der Waals surface area contributed by atoms with Crippen LogP contribution in [0.2, 0.25) is 0 Å². The van der Waals surface area contributed by atoms with E-state index in [1.807, 2.05) is 6.07 Å². The number of fused-ring (bicyclic) bond motifs is 1. The molecule has 0 radical (unpaired) electrons. The van der Waals surface area contributed by atoms with Crippen molar-refractivity contribution in [3.8, 4) is 0 Å². The highest BCUT2D eigenvalue weighted by atomic mass is 79.9. The Bertz CT molecular complexity index is 470. The van der Waals surface area contributed by atoms with Crippen molar-refractivity contribution < 1.29 is 9.50 Å². The van der Waals surface area contributed by atoms with Crippen LogP contribution in [0.1, 0.15) is 50.5 Å². The van der Waals surface area contributed by atoms with E-state index in [9.17, 15) is 9.50 Å². The minimum absolute atomic E-state index is 0.234. The zero-order valence-corrected chi connectivity index (χ0v) is 14.0. The molecule has 0 amide bonds. The van der Waals surface area contributed by atoms with Crippen LogP contribution < -0.4 is 0 Å². The fourth-order valence-electron chi connectivity index (χ4n) is 4.40. The molecule has 3 rings (SSSR count). The van der Waals surface area contributed by atoms with Crippen molar-refractivity contribution in [3.05, 3.63) is 34.1 Å². The first kappa shape index (κ1) is 15.5. The number of hydrogen-bond donors (Lipinski definition) is 1. The topological polar surface area (TPSA) is 20.2 Å². The van der Waals surface area contributed by atoms with Gasteiger partial charge in [0.05, 0.1) is 6.10 Å². The standard InChI is InChI=1S/C18H24BrFO/c19-16-7-12(8-17(20)11-16)9-18(21)15-6-5-13-3-1-2-4-14(13)10-15/h7-8,11,13-15,18,21H,1-6,9-10H2. The Labute approximate surface area is 135 Å². The van der Waals surface area contributed by atoms with Crippen LogP contribution in [0.3, 0.4) is 0 Å². The summed E-state index contributed by atoms with van der Waals surface area (Å²) >= 11 is 3.32. The van der Waals surface area contributed by atoms with Gasteiger partial charge < -0.3 is 5.11 Å².